The lowest BCUT2D eigenvalue weighted by Gasteiger charge is -2.20. The maximum Gasteiger partial charge on any atom is 0.255 e. The Bertz CT molecular complexity index is 348. The Morgan fingerprint density at radius 2 is 2.40 bits per heavy atom. The standard InChI is InChI=1S/C9H12BrNO4/c1-9(14,5-12)4-11-8(13)6-2-3-15-7(6)10/h2-3,12,14H,4-5H2,1H3,(H,11,13). The molecule has 1 aromatic heterocycles. The monoisotopic (exact) mass is 277 g/mol. The van der Waals surface area contributed by atoms with Gasteiger partial charge in [0.05, 0.1) is 18.4 Å². The minimum Gasteiger partial charge on any atom is -0.457 e. The van der Waals surface area contributed by atoms with E-state index in [0.717, 1.165) is 0 Å². The number of aliphatic hydroxyl groups excluding tert-OH is 1. The molecule has 0 fully saturated rings. The molecule has 1 aromatic rings. The highest BCUT2D eigenvalue weighted by atomic mass is 79.9. The summed E-state index contributed by atoms with van der Waals surface area (Å²) in [5.74, 6) is -0.371. The Labute approximate surface area is 95.2 Å². The van der Waals surface area contributed by atoms with E-state index in [1.165, 1.54) is 19.3 Å². The highest BCUT2D eigenvalue weighted by molar-refractivity contribution is 9.10. The van der Waals surface area contributed by atoms with Crippen LogP contribution < -0.4 is 5.32 Å². The van der Waals surface area contributed by atoms with E-state index in [4.69, 9.17) is 9.52 Å². The van der Waals surface area contributed by atoms with Crippen LogP contribution in [0.2, 0.25) is 0 Å². The molecule has 0 aromatic carbocycles. The Kier molecular flexibility index (Phi) is 3.90. The molecular formula is C9H12BrNO4. The highest BCUT2D eigenvalue weighted by Gasteiger charge is 2.21. The van der Waals surface area contributed by atoms with E-state index in [9.17, 15) is 9.90 Å². The van der Waals surface area contributed by atoms with Crippen LogP contribution in [0.25, 0.3) is 0 Å². The molecule has 0 saturated carbocycles. The Hall–Kier alpha value is -0.850. The van der Waals surface area contributed by atoms with Crippen LogP contribution in [0.4, 0.5) is 0 Å². The second-order valence-electron chi connectivity index (χ2n) is 3.45. The number of hydrogen-bond acceptors (Lipinski definition) is 4. The largest absolute Gasteiger partial charge is 0.457 e. The summed E-state index contributed by atoms with van der Waals surface area (Å²) in [7, 11) is 0. The van der Waals surface area contributed by atoms with Crippen LogP contribution in [0.15, 0.2) is 21.4 Å². The van der Waals surface area contributed by atoms with Gasteiger partial charge >= 0.3 is 0 Å². The summed E-state index contributed by atoms with van der Waals surface area (Å²) in [6.45, 7) is 0.984. The molecule has 3 N–H and O–H groups in total. The number of nitrogens with one attached hydrogen (secondary N) is 1. The van der Waals surface area contributed by atoms with Crippen molar-refractivity contribution in [3.8, 4) is 0 Å². The van der Waals surface area contributed by atoms with Crippen molar-refractivity contribution in [3.05, 3.63) is 22.6 Å². The summed E-state index contributed by atoms with van der Waals surface area (Å²) < 4.78 is 5.22. The predicted octanol–water partition coefficient (Wildman–Crippen LogP) is 0.515. The molecule has 0 radical (unpaired) electrons. The van der Waals surface area contributed by atoms with E-state index >= 15 is 0 Å². The van der Waals surface area contributed by atoms with Crippen LogP contribution in [0.1, 0.15) is 17.3 Å². The molecule has 84 valence electrons. The first kappa shape index (κ1) is 12.2. The van der Waals surface area contributed by atoms with Gasteiger partial charge in [-0.25, -0.2) is 0 Å². The highest BCUT2D eigenvalue weighted by Crippen LogP contribution is 2.17. The number of hydrogen-bond donors (Lipinski definition) is 3. The van der Waals surface area contributed by atoms with Crippen LogP contribution >= 0.6 is 15.9 Å². The van der Waals surface area contributed by atoms with Gasteiger partial charge in [-0.15, -0.1) is 0 Å². The van der Waals surface area contributed by atoms with Crippen molar-refractivity contribution in [2.75, 3.05) is 13.2 Å². The summed E-state index contributed by atoms with van der Waals surface area (Å²) in [4.78, 5) is 11.5. The summed E-state index contributed by atoms with van der Waals surface area (Å²) >= 11 is 3.07. The molecule has 0 aliphatic rings. The predicted molar refractivity (Wildman–Crippen MR) is 56.5 cm³/mol. The third-order valence-corrected chi connectivity index (χ3v) is 2.45. The van der Waals surface area contributed by atoms with Crippen LogP contribution in [0.5, 0.6) is 0 Å². The molecule has 0 saturated heterocycles. The number of amides is 1. The van der Waals surface area contributed by atoms with Crippen LogP contribution in [0.3, 0.4) is 0 Å². The average Bonchev–Trinajstić information content (AvgIpc) is 2.61. The molecule has 6 heteroatoms. The molecule has 0 spiro atoms. The van der Waals surface area contributed by atoms with Gasteiger partial charge in [-0.05, 0) is 28.9 Å². The lowest BCUT2D eigenvalue weighted by molar-refractivity contribution is 0.00318. The zero-order chi connectivity index (χ0) is 11.5. The van der Waals surface area contributed by atoms with Gasteiger partial charge in [-0.3, -0.25) is 4.79 Å². The molecule has 0 aliphatic heterocycles. The number of halogens is 1. The fraction of sp³-hybridized carbons (Fsp3) is 0.444. The summed E-state index contributed by atoms with van der Waals surface area (Å²) in [5, 5.41) is 20.7. The van der Waals surface area contributed by atoms with Crippen molar-refractivity contribution in [1.82, 2.24) is 5.32 Å². The van der Waals surface area contributed by atoms with Crippen molar-refractivity contribution < 1.29 is 19.4 Å². The zero-order valence-corrected chi connectivity index (χ0v) is 9.74. The lowest BCUT2D eigenvalue weighted by Crippen LogP contribution is -2.43. The van der Waals surface area contributed by atoms with Crippen molar-refractivity contribution in [2.24, 2.45) is 0 Å². The van der Waals surface area contributed by atoms with Crippen molar-refractivity contribution in [3.63, 3.8) is 0 Å². The summed E-state index contributed by atoms with van der Waals surface area (Å²) in [5.41, 5.74) is -0.963. The summed E-state index contributed by atoms with van der Waals surface area (Å²) in [6.07, 6.45) is 1.38. The van der Waals surface area contributed by atoms with Gasteiger partial charge in [0.2, 0.25) is 0 Å². The van der Waals surface area contributed by atoms with Crippen molar-refractivity contribution in [2.45, 2.75) is 12.5 Å². The quantitative estimate of drug-likeness (QED) is 0.749. The fourth-order valence-corrected chi connectivity index (χ4v) is 1.30. The van der Waals surface area contributed by atoms with Gasteiger partial charge < -0.3 is 19.9 Å². The molecular weight excluding hydrogens is 266 g/mol. The number of carbonyl (C=O) groups is 1. The number of rotatable bonds is 4. The van der Waals surface area contributed by atoms with Gasteiger partial charge in [0.15, 0.2) is 4.67 Å². The molecule has 1 heterocycles. The fourth-order valence-electron chi connectivity index (χ4n) is 0.878. The third kappa shape index (κ3) is 3.33. The van der Waals surface area contributed by atoms with E-state index < -0.39 is 12.2 Å². The normalized spacial score (nSPS) is 14.7. The number of carbonyl (C=O) groups excluding carboxylic acids is 1. The van der Waals surface area contributed by atoms with E-state index in [-0.39, 0.29) is 12.5 Å². The molecule has 5 nitrogen and oxygen atoms in total. The van der Waals surface area contributed by atoms with E-state index in [1.54, 1.807) is 0 Å². The first-order chi connectivity index (χ1) is 6.96. The Morgan fingerprint density at radius 3 is 2.87 bits per heavy atom. The molecule has 1 amide bonds. The minimum absolute atomic E-state index is 0.0278. The zero-order valence-electron chi connectivity index (χ0n) is 8.16. The Morgan fingerprint density at radius 1 is 1.73 bits per heavy atom. The third-order valence-electron chi connectivity index (χ3n) is 1.83. The Balaban J connectivity index is 2.55. The second kappa shape index (κ2) is 4.78. The topological polar surface area (TPSA) is 82.7 Å². The number of aliphatic hydroxyl groups is 2. The van der Waals surface area contributed by atoms with E-state index in [2.05, 4.69) is 21.2 Å². The van der Waals surface area contributed by atoms with Gasteiger partial charge in [0, 0.05) is 6.54 Å². The smallest absolute Gasteiger partial charge is 0.255 e. The van der Waals surface area contributed by atoms with Crippen molar-refractivity contribution in [1.29, 1.82) is 0 Å². The lowest BCUT2D eigenvalue weighted by atomic mass is 10.1. The molecule has 15 heavy (non-hydrogen) atoms. The molecule has 1 rings (SSSR count). The summed E-state index contributed by atoms with van der Waals surface area (Å²) in [6, 6.07) is 1.51. The molecule has 0 aliphatic carbocycles. The maximum absolute atomic E-state index is 11.5. The first-order valence-corrected chi connectivity index (χ1v) is 5.10. The van der Waals surface area contributed by atoms with E-state index in [1.807, 2.05) is 0 Å². The van der Waals surface area contributed by atoms with Gasteiger partial charge in [0.1, 0.15) is 5.60 Å². The number of furan rings is 1. The molecule has 0 bridgehead atoms. The molecule has 1 unspecified atom stereocenters. The second-order valence-corrected chi connectivity index (χ2v) is 4.17. The minimum atomic E-state index is -1.31. The van der Waals surface area contributed by atoms with Gasteiger partial charge in [0.25, 0.3) is 5.91 Å². The van der Waals surface area contributed by atoms with Crippen LogP contribution in [0, 0.1) is 0 Å². The molecule has 1 atom stereocenters. The average molecular weight is 278 g/mol. The van der Waals surface area contributed by atoms with E-state index in [0.29, 0.717) is 10.2 Å². The van der Waals surface area contributed by atoms with Gasteiger partial charge in [-0.1, -0.05) is 0 Å². The maximum atomic E-state index is 11.5. The van der Waals surface area contributed by atoms with Gasteiger partial charge in [-0.2, -0.15) is 0 Å². The van der Waals surface area contributed by atoms with Crippen molar-refractivity contribution >= 4 is 21.8 Å². The van der Waals surface area contributed by atoms with Crippen LogP contribution in [-0.4, -0.2) is 34.9 Å². The SMILES string of the molecule is CC(O)(CO)CNC(=O)c1ccoc1Br. The first-order valence-electron chi connectivity index (χ1n) is 4.31. The van der Waals surface area contributed by atoms with Crippen LogP contribution in [-0.2, 0) is 0 Å².